The Hall–Kier alpha value is -2.99. The molecule has 6 heteroatoms. The lowest BCUT2D eigenvalue weighted by atomic mass is 10.1. The van der Waals surface area contributed by atoms with Gasteiger partial charge in [-0.25, -0.2) is 0 Å². The highest BCUT2D eigenvalue weighted by molar-refractivity contribution is 6.12. The number of nitrogens with zero attached hydrogens (tertiary/aromatic N) is 3. The molecule has 0 bridgehead atoms. The zero-order chi connectivity index (χ0) is 17.1. The summed E-state index contributed by atoms with van der Waals surface area (Å²) >= 11 is 0. The van der Waals surface area contributed by atoms with Gasteiger partial charge in [0.2, 0.25) is 0 Å². The van der Waals surface area contributed by atoms with Crippen LogP contribution in [0.15, 0.2) is 54.9 Å². The van der Waals surface area contributed by atoms with Gasteiger partial charge >= 0.3 is 0 Å². The number of fused-ring (bicyclic) bond motifs is 1. The smallest absolute Gasteiger partial charge is 0.257 e. The first-order valence-electron chi connectivity index (χ1n) is 8.26. The summed E-state index contributed by atoms with van der Waals surface area (Å²) in [4.78, 5) is 23.6. The molecular weight excluding hydrogens is 316 g/mol. The summed E-state index contributed by atoms with van der Waals surface area (Å²) in [5, 5.41) is 3.03. The predicted molar refractivity (Wildman–Crippen MR) is 97.0 cm³/mol. The summed E-state index contributed by atoms with van der Waals surface area (Å²) < 4.78 is 5.42. The minimum absolute atomic E-state index is 0.188. The average Bonchev–Trinajstić information content (AvgIpc) is 2.68. The van der Waals surface area contributed by atoms with Crippen molar-refractivity contribution in [1.82, 2.24) is 9.97 Å². The van der Waals surface area contributed by atoms with Gasteiger partial charge in [0.25, 0.3) is 5.91 Å². The molecule has 0 aliphatic carbocycles. The van der Waals surface area contributed by atoms with Crippen LogP contribution in [0, 0.1) is 0 Å². The summed E-state index contributed by atoms with van der Waals surface area (Å²) in [7, 11) is 0. The van der Waals surface area contributed by atoms with Crippen LogP contribution >= 0.6 is 0 Å². The fourth-order valence-electron chi connectivity index (χ4n) is 3.02. The third kappa shape index (κ3) is 3.16. The van der Waals surface area contributed by atoms with Gasteiger partial charge < -0.3 is 15.0 Å². The summed E-state index contributed by atoms with van der Waals surface area (Å²) in [5.41, 5.74) is 3.62. The molecule has 1 aliphatic rings. The second-order valence-electron chi connectivity index (χ2n) is 5.80. The van der Waals surface area contributed by atoms with Gasteiger partial charge in [-0.05, 0) is 24.3 Å². The van der Waals surface area contributed by atoms with Crippen molar-refractivity contribution in [3.63, 3.8) is 0 Å². The fraction of sp³-hybridized carbons (Fsp3) is 0.211. The number of morpholine rings is 1. The Bertz CT molecular complexity index is 901. The van der Waals surface area contributed by atoms with Crippen molar-refractivity contribution in [3.05, 3.63) is 60.4 Å². The van der Waals surface area contributed by atoms with E-state index in [2.05, 4.69) is 20.2 Å². The number of amides is 1. The van der Waals surface area contributed by atoms with Gasteiger partial charge in [-0.15, -0.1) is 0 Å². The second kappa shape index (κ2) is 6.86. The number of para-hydroxylation sites is 3. The lowest BCUT2D eigenvalue weighted by Gasteiger charge is -2.30. The largest absolute Gasteiger partial charge is 0.378 e. The minimum Gasteiger partial charge on any atom is -0.378 e. The van der Waals surface area contributed by atoms with Crippen molar-refractivity contribution in [2.24, 2.45) is 0 Å². The van der Waals surface area contributed by atoms with Gasteiger partial charge in [0.15, 0.2) is 0 Å². The van der Waals surface area contributed by atoms with Crippen LogP contribution in [0.3, 0.4) is 0 Å². The normalized spacial score (nSPS) is 14.5. The van der Waals surface area contributed by atoms with Crippen LogP contribution in [-0.2, 0) is 4.74 Å². The molecule has 0 atom stereocenters. The van der Waals surface area contributed by atoms with Crippen molar-refractivity contribution in [2.75, 3.05) is 36.5 Å². The molecule has 0 saturated carbocycles. The van der Waals surface area contributed by atoms with Crippen molar-refractivity contribution >= 4 is 28.3 Å². The molecular formula is C19H18N4O2. The molecule has 1 saturated heterocycles. The molecule has 2 aromatic carbocycles. The Morgan fingerprint density at radius 2 is 1.80 bits per heavy atom. The molecule has 0 spiro atoms. The molecule has 1 aromatic heterocycles. The number of aromatic nitrogens is 2. The van der Waals surface area contributed by atoms with Gasteiger partial charge in [-0.3, -0.25) is 14.8 Å². The lowest BCUT2D eigenvalue weighted by Crippen LogP contribution is -2.36. The average molecular weight is 334 g/mol. The van der Waals surface area contributed by atoms with Gasteiger partial charge in [-0.2, -0.15) is 0 Å². The van der Waals surface area contributed by atoms with E-state index in [1.165, 1.54) is 0 Å². The van der Waals surface area contributed by atoms with Gasteiger partial charge in [0.1, 0.15) is 5.52 Å². The molecule has 0 radical (unpaired) electrons. The molecule has 4 rings (SSSR count). The van der Waals surface area contributed by atoms with E-state index >= 15 is 0 Å². The minimum atomic E-state index is -0.188. The highest BCUT2D eigenvalue weighted by Gasteiger charge is 2.17. The Morgan fingerprint density at radius 1 is 1.00 bits per heavy atom. The summed E-state index contributed by atoms with van der Waals surface area (Å²) in [6.07, 6.45) is 3.22. The SMILES string of the molecule is O=C(Nc1ccccc1N1CCOCC1)c1cccc2nccnc12. The number of ether oxygens (including phenoxy) is 1. The van der Waals surface area contributed by atoms with Crippen LogP contribution in [-0.4, -0.2) is 42.2 Å². The molecule has 2 heterocycles. The van der Waals surface area contributed by atoms with E-state index in [4.69, 9.17) is 4.74 Å². The molecule has 1 amide bonds. The van der Waals surface area contributed by atoms with Gasteiger partial charge in [0, 0.05) is 25.5 Å². The summed E-state index contributed by atoms with van der Waals surface area (Å²) in [5.74, 6) is -0.188. The highest BCUT2D eigenvalue weighted by Crippen LogP contribution is 2.27. The van der Waals surface area contributed by atoms with E-state index in [-0.39, 0.29) is 5.91 Å². The Morgan fingerprint density at radius 3 is 2.68 bits per heavy atom. The van der Waals surface area contributed by atoms with E-state index in [0.29, 0.717) is 29.8 Å². The number of anilines is 2. The summed E-state index contributed by atoms with van der Waals surface area (Å²) in [6, 6.07) is 13.3. The molecule has 1 N–H and O–H groups in total. The van der Waals surface area contributed by atoms with Crippen molar-refractivity contribution in [1.29, 1.82) is 0 Å². The van der Waals surface area contributed by atoms with E-state index in [0.717, 1.165) is 24.5 Å². The van der Waals surface area contributed by atoms with Crippen LogP contribution in [0.1, 0.15) is 10.4 Å². The van der Waals surface area contributed by atoms with E-state index < -0.39 is 0 Å². The Labute approximate surface area is 145 Å². The topological polar surface area (TPSA) is 67.4 Å². The summed E-state index contributed by atoms with van der Waals surface area (Å²) in [6.45, 7) is 3.02. The molecule has 25 heavy (non-hydrogen) atoms. The Balaban J connectivity index is 1.65. The van der Waals surface area contributed by atoms with Crippen LogP contribution in [0.4, 0.5) is 11.4 Å². The van der Waals surface area contributed by atoms with E-state index in [9.17, 15) is 4.79 Å². The first kappa shape index (κ1) is 15.5. The maximum Gasteiger partial charge on any atom is 0.257 e. The first-order chi connectivity index (χ1) is 12.3. The number of benzene rings is 2. The third-order valence-corrected chi connectivity index (χ3v) is 4.25. The molecule has 0 unspecified atom stereocenters. The van der Waals surface area contributed by atoms with Crippen molar-refractivity contribution in [3.8, 4) is 0 Å². The molecule has 3 aromatic rings. The van der Waals surface area contributed by atoms with Gasteiger partial charge in [-0.1, -0.05) is 18.2 Å². The zero-order valence-electron chi connectivity index (χ0n) is 13.7. The maximum absolute atomic E-state index is 12.8. The number of carbonyl (C=O) groups is 1. The van der Waals surface area contributed by atoms with Crippen LogP contribution in [0.25, 0.3) is 11.0 Å². The van der Waals surface area contributed by atoms with E-state index in [1.807, 2.05) is 36.4 Å². The monoisotopic (exact) mass is 334 g/mol. The van der Waals surface area contributed by atoms with Gasteiger partial charge in [0.05, 0.1) is 35.7 Å². The number of rotatable bonds is 3. The number of carbonyl (C=O) groups excluding carboxylic acids is 1. The third-order valence-electron chi connectivity index (χ3n) is 4.25. The standard InChI is InChI=1S/C19H18N4O2/c24-19(14-4-3-6-16-18(14)21-9-8-20-16)22-15-5-1-2-7-17(15)23-10-12-25-13-11-23/h1-9H,10-13H2,(H,22,24). The number of hydrogen-bond acceptors (Lipinski definition) is 5. The van der Waals surface area contributed by atoms with Crippen LogP contribution in [0.2, 0.25) is 0 Å². The molecule has 6 nitrogen and oxygen atoms in total. The van der Waals surface area contributed by atoms with Crippen LogP contribution in [0.5, 0.6) is 0 Å². The van der Waals surface area contributed by atoms with Crippen molar-refractivity contribution in [2.45, 2.75) is 0 Å². The first-order valence-corrected chi connectivity index (χ1v) is 8.26. The predicted octanol–water partition coefficient (Wildman–Crippen LogP) is 2.72. The molecule has 1 fully saturated rings. The van der Waals surface area contributed by atoms with Crippen molar-refractivity contribution < 1.29 is 9.53 Å². The Kier molecular flexibility index (Phi) is 4.26. The zero-order valence-corrected chi connectivity index (χ0v) is 13.7. The van der Waals surface area contributed by atoms with E-state index in [1.54, 1.807) is 18.5 Å². The van der Waals surface area contributed by atoms with Crippen LogP contribution < -0.4 is 10.2 Å². The quantitative estimate of drug-likeness (QED) is 0.798. The number of hydrogen-bond donors (Lipinski definition) is 1. The maximum atomic E-state index is 12.8. The second-order valence-corrected chi connectivity index (χ2v) is 5.80. The fourth-order valence-corrected chi connectivity index (χ4v) is 3.02. The lowest BCUT2D eigenvalue weighted by molar-refractivity contribution is 0.102. The highest BCUT2D eigenvalue weighted by atomic mass is 16.5. The number of nitrogens with one attached hydrogen (secondary N) is 1. The molecule has 126 valence electrons. The molecule has 1 aliphatic heterocycles.